The van der Waals surface area contributed by atoms with Gasteiger partial charge in [-0.3, -0.25) is 14.4 Å². The SMILES string of the molecule is CC[C@@H](CCC1CC(O)[C@H](C)/C=C(\C)C(O)C(OC)C(=O)C(C)CC/C=C/C=C/C=C(\C)[C@@H](OC)/C=C(/C)O[C@](O)(CC)C(=O)C(=O)N2CCCC[C@H]2C(O)O1)C[C@H](COCCO)OC. The van der Waals surface area contributed by atoms with Crippen molar-refractivity contribution in [3.8, 4) is 0 Å². The summed E-state index contributed by atoms with van der Waals surface area (Å²) in [5, 5.41) is 55.7. The van der Waals surface area contributed by atoms with Crippen LogP contribution in [0.2, 0.25) is 0 Å². The highest BCUT2D eigenvalue weighted by Crippen LogP contribution is 2.30. The lowest BCUT2D eigenvalue weighted by molar-refractivity contribution is -0.204. The number of nitrogens with zero attached hydrogens (tertiary/aromatic N) is 1. The minimum absolute atomic E-state index is 0.0694. The van der Waals surface area contributed by atoms with E-state index in [1.165, 1.54) is 26.0 Å². The molecule has 1 amide bonds. The molecule has 0 aliphatic carbocycles. The van der Waals surface area contributed by atoms with Crippen LogP contribution in [-0.4, -0.2) is 150 Å². The maximum atomic E-state index is 14.1. The molecule has 372 valence electrons. The number of amides is 1. The maximum Gasteiger partial charge on any atom is 0.297 e. The molecule has 2 aliphatic heterocycles. The molecular formula is C50H83NO14. The molecule has 1 fully saturated rings. The first kappa shape index (κ1) is 58.0. The summed E-state index contributed by atoms with van der Waals surface area (Å²) >= 11 is 0. The molecule has 0 saturated carbocycles. The zero-order valence-electron chi connectivity index (χ0n) is 40.9. The molecule has 0 aromatic heterocycles. The summed E-state index contributed by atoms with van der Waals surface area (Å²) in [5.41, 5.74) is 1.25. The molecule has 65 heavy (non-hydrogen) atoms. The molecule has 1 saturated heterocycles. The molecule has 2 aliphatic rings. The normalized spacial score (nSPS) is 34.8. The summed E-state index contributed by atoms with van der Waals surface area (Å²) in [6.07, 6.45) is 11.2. The second-order valence-electron chi connectivity index (χ2n) is 17.7. The van der Waals surface area contributed by atoms with Crippen LogP contribution < -0.4 is 0 Å². The zero-order valence-corrected chi connectivity index (χ0v) is 40.9. The Morgan fingerprint density at radius 1 is 0.938 bits per heavy atom. The Balaban J connectivity index is 2.59. The average Bonchev–Trinajstić information content (AvgIpc) is 3.29. The largest absolute Gasteiger partial charge is 0.459 e. The Morgan fingerprint density at radius 2 is 1.66 bits per heavy atom. The van der Waals surface area contributed by atoms with E-state index in [2.05, 4.69) is 6.92 Å². The number of hydrogen-bond acceptors (Lipinski definition) is 14. The van der Waals surface area contributed by atoms with Crippen molar-refractivity contribution in [1.82, 2.24) is 4.90 Å². The average molecular weight is 922 g/mol. The highest BCUT2D eigenvalue weighted by atomic mass is 16.6. The summed E-state index contributed by atoms with van der Waals surface area (Å²) in [4.78, 5) is 42.8. The number of ether oxygens (including phenoxy) is 6. The quantitative estimate of drug-likeness (QED) is 0.0809. The lowest BCUT2D eigenvalue weighted by Gasteiger charge is -2.40. The third-order valence-electron chi connectivity index (χ3n) is 12.8. The number of hydrogen-bond donors (Lipinski definition) is 5. The Labute approximate surface area is 388 Å². The number of carbonyl (C=O) groups is 3. The van der Waals surface area contributed by atoms with Gasteiger partial charge in [0.25, 0.3) is 17.5 Å². The number of piperidine rings is 1. The Kier molecular flexibility index (Phi) is 27.1. The van der Waals surface area contributed by atoms with Gasteiger partial charge >= 0.3 is 0 Å². The summed E-state index contributed by atoms with van der Waals surface area (Å²) < 4.78 is 34.7. The fraction of sp³-hybridized carbons (Fsp3) is 0.740. The van der Waals surface area contributed by atoms with Gasteiger partial charge in [0.1, 0.15) is 12.2 Å². The summed E-state index contributed by atoms with van der Waals surface area (Å²) in [6.45, 7) is 12.9. The van der Waals surface area contributed by atoms with Crippen LogP contribution >= 0.6 is 0 Å². The van der Waals surface area contributed by atoms with E-state index in [1.807, 2.05) is 44.2 Å². The first-order valence-corrected chi connectivity index (χ1v) is 23.5. The van der Waals surface area contributed by atoms with Crippen molar-refractivity contribution in [2.75, 3.05) is 47.7 Å². The minimum atomic E-state index is -2.50. The van der Waals surface area contributed by atoms with Crippen molar-refractivity contribution in [2.24, 2.45) is 17.8 Å². The van der Waals surface area contributed by atoms with Crippen LogP contribution in [0.1, 0.15) is 119 Å². The highest BCUT2D eigenvalue weighted by Gasteiger charge is 2.46. The zero-order chi connectivity index (χ0) is 48.7. The van der Waals surface area contributed by atoms with Crippen LogP contribution in [0, 0.1) is 17.8 Å². The van der Waals surface area contributed by atoms with Gasteiger partial charge in [-0.2, -0.15) is 0 Å². The van der Waals surface area contributed by atoms with Gasteiger partial charge in [-0.1, -0.05) is 70.6 Å². The van der Waals surface area contributed by atoms with Crippen LogP contribution in [0.4, 0.5) is 0 Å². The van der Waals surface area contributed by atoms with Crippen molar-refractivity contribution in [3.63, 3.8) is 0 Å². The number of allylic oxidation sites excluding steroid dienone is 6. The molecule has 5 N–H and O–H groups in total. The van der Waals surface area contributed by atoms with E-state index < -0.39 is 72.2 Å². The first-order chi connectivity index (χ1) is 30.9. The third kappa shape index (κ3) is 18.8. The summed E-state index contributed by atoms with van der Waals surface area (Å²) in [6, 6.07) is -0.939. The number of aliphatic hydroxyl groups excluding tert-OH is 4. The van der Waals surface area contributed by atoms with Crippen molar-refractivity contribution >= 4 is 17.5 Å². The topological polar surface area (TPSA) is 211 Å². The Bertz CT molecular complexity index is 1590. The molecule has 0 radical (unpaired) electrons. The van der Waals surface area contributed by atoms with Gasteiger partial charge in [0.2, 0.25) is 0 Å². The monoisotopic (exact) mass is 922 g/mol. The van der Waals surface area contributed by atoms with Gasteiger partial charge in [-0.15, -0.1) is 0 Å². The van der Waals surface area contributed by atoms with Crippen LogP contribution in [0.3, 0.4) is 0 Å². The fourth-order valence-corrected chi connectivity index (χ4v) is 8.36. The van der Waals surface area contributed by atoms with Gasteiger partial charge in [0.15, 0.2) is 12.1 Å². The Hall–Kier alpha value is -3.09. The second kappa shape index (κ2) is 30.3. The lowest BCUT2D eigenvalue weighted by Crippen LogP contribution is -2.57. The molecule has 6 unspecified atom stereocenters. The fourth-order valence-electron chi connectivity index (χ4n) is 8.36. The molecule has 0 bridgehead atoms. The van der Waals surface area contributed by atoms with Gasteiger partial charge < -0.3 is 58.9 Å². The molecule has 12 atom stereocenters. The van der Waals surface area contributed by atoms with E-state index in [4.69, 9.17) is 28.4 Å². The number of rotatable bonds is 14. The van der Waals surface area contributed by atoms with E-state index in [0.717, 1.165) is 12.0 Å². The van der Waals surface area contributed by atoms with Crippen LogP contribution in [0.15, 0.2) is 59.4 Å². The van der Waals surface area contributed by atoms with Gasteiger partial charge in [-0.05, 0) is 95.3 Å². The molecule has 15 heteroatoms. The predicted octanol–water partition coefficient (Wildman–Crippen LogP) is 5.66. The van der Waals surface area contributed by atoms with E-state index in [-0.39, 0.29) is 56.2 Å². The summed E-state index contributed by atoms with van der Waals surface area (Å²) in [7, 11) is 4.51. The van der Waals surface area contributed by atoms with Crippen molar-refractivity contribution in [2.45, 2.75) is 174 Å². The van der Waals surface area contributed by atoms with Gasteiger partial charge in [-0.25, -0.2) is 0 Å². The molecule has 15 nitrogen and oxygen atoms in total. The Morgan fingerprint density at radius 3 is 2.29 bits per heavy atom. The van der Waals surface area contributed by atoms with Crippen molar-refractivity contribution in [1.29, 1.82) is 0 Å². The standard InChI is InChI=1S/C50H83NO14/c1-11-38(30-40(60-8)32-63-27-26-52)23-24-39-31-42(53)35(5)28-36(6)45(55)46(62-10)44(54)34(4)21-17-15-13-14-16-20-33(3)43(61-9)29-37(7)65-50(59,12-2)47(56)48(57)51-25-19-18-22-41(51)49(58)64-39/h13-16,20,28-29,34-35,38-43,45-46,49,52-53,55,58-59H,11-12,17-19,21-27,30-32H2,1-10H3/b15-13+,16-14+,33-20+,36-28+,37-29-/t34?,35-,38+,39?,40-,41+,42?,43+,45?,46?,49?,50-/m1/s1. The molecule has 0 spiro atoms. The number of methoxy groups -OCH3 is 3. The predicted molar refractivity (Wildman–Crippen MR) is 248 cm³/mol. The molecule has 0 aromatic rings. The van der Waals surface area contributed by atoms with Crippen LogP contribution in [0.5, 0.6) is 0 Å². The smallest absolute Gasteiger partial charge is 0.297 e. The maximum absolute atomic E-state index is 14.1. The molecular weight excluding hydrogens is 839 g/mol. The number of carbonyl (C=O) groups excluding carboxylic acids is 3. The van der Waals surface area contributed by atoms with Crippen LogP contribution in [0.25, 0.3) is 0 Å². The van der Waals surface area contributed by atoms with Crippen LogP contribution in [-0.2, 0) is 42.8 Å². The van der Waals surface area contributed by atoms with E-state index in [0.29, 0.717) is 63.5 Å². The number of Topliss-reactive ketones (excluding diaryl/α,β-unsaturated/α-hetero) is 2. The van der Waals surface area contributed by atoms with Crippen molar-refractivity contribution in [3.05, 3.63) is 59.4 Å². The third-order valence-corrected chi connectivity index (χ3v) is 12.8. The molecule has 2 rings (SSSR count). The lowest BCUT2D eigenvalue weighted by atomic mass is 9.88. The molecule has 0 aromatic carbocycles. The van der Waals surface area contributed by atoms with Crippen molar-refractivity contribution < 1.29 is 68.3 Å². The number of ketones is 2. The highest BCUT2D eigenvalue weighted by molar-refractivity contribution is 6.38. The second-order valence-corrected chi connectivity index (χ2v) is 17.7. The van der Waals surface area contributed by atoms with Gasteiger partial charge in [0, 0.05) is 52.6 Å². The number of fused-ring (bicyclic) bond motifs is 1. The molecule has 2 heterocycles. The van der Waals surface area contributed by atoms with Gasteiger partial charge in [0.05, 0.1) is 56.0 Å². The first-order valence-electron chi connectivity index (χ1n) is 23.5. The summed E-state index contributed by atoms with van der Waals surface area (Å²) in [5.74, 6) is -5.55. The van der Waals surface area contributed by atoms with E-state index >= 15 is 0 Å². The van der Waals surface area contributed by atoms with E-state index in [1.54, 1.807) is 40.0 Å². The van der Waals surface area contributed by atoms with E-state index in [9.17, 15) is 39.9 Å². The minimum Gasteiger partial charge on any atom is -0.459 e. The number of aliphatic hydroxyl groups is 5.